The molecule has 21 heavy (non-hydrogen) atoms. The molecule has 0 saturated carbocycles. The van der Waals surface area contributed by atoms with Crippen LogP contribution in [0.3, 0.4) is 0 Å². The third kappa shape index (κ3) is 3.19. The Hall–Kier alpha value is -2.41. The van der Waals surface area contributed by atoms with Gasteiger partial charge in [-0.1, -0.05) is 31.5 Å². The van der Waals surface area contributed by atoms with Crippen LogP contribution in [-0.4, -0.2) is 17.6 Å². The zero-order chi connectivity index (χ0) is 15.2. The van der Waals surface area contributed by atoms with Crippen molar-refractivity contribution in [3.8, 4) is 6.07 Å². The summed E-state index contributed by atoms with van der Waals surface area (Å²) in [5.74, 6) is -0.713. The summed E-state index contributed by atoms with van der Waals surface area (Å²) in [5, 5.41) is 10.3. The summed E-state index contributed by atoms with van der Waals surface area (Å²) in [5.41, 5.74) is 1.73. The van der Waals surface area contributed by atoms with Crippen LogP contribution >= 0.6 is 0 Å². The summed E-state index contributed by atoms with van der Waals surface area (Å²) in [4.78, 5) is 16.5. The molecular weight excluding hydrogens is 264 g/mol. The standard InChI is InChI=1S/C17H18N2O2/c1-3-7-13(17(20)21-4-2)14-10-12-8-5-6-9-15(12)19-16(14)11-18/h5-6,8-10,13H,3-4,7H2,1-2H3. The molecule has 4 nitrogen and oxygen atoms in total. The number of benzene rings is 1. The van der Waals surface area contributed by atoms with Crippen molar-refractivity contribution in [2.75, 3.05) is 6.61 Å². The van der Waals surface area contributed by atoms with Crippen molar-refractivity contribution in [1.29, 1.82) is 5.26 Å². The van der Waals surface area contributed by atoms with Crippen molar-refractivity contribution >= 4 is 16.9 Å². The smallest absolute Gasteiger partial charge is 0.313 e. The lowest BCUT2D eigenvalue weighted by Gasteiger charge is -2.16. The third-order valence-electron chi connectivity index (χ3n) is 3.38. The fourth-order valence-electron chi connectivity index (χ4n) is 2.42. The molecule has 108 valence electrons. The van der Waals surface area contributed by atoms with E-state index in [9.17, 15) is 10.1 Å². The second kappa shape index (κ2) is 6.85. The van der Waals surface area contributed by atoms with Crippen LogP contribution in [0.5, 0.6) is 0 Å². The van der Waals surface area contributed by atoms with Gasteiger partial charge in [-0.2, -0.15) is 5.26 Å². The summed E-state index contributed by atoms with van der Waals surface area (Å²) in [6, 6.07) is 11.6. The number of pyridine rings is 1. The van der Waals surface area contributed by atoms with Gasteiger partial charge >= 0.3 is 5.97 Å². The highest BCUT2D eigenvalue weighted by Crippen LogP contribution is 2.28. The Balaban J connectivity index is 2.55. The SMILES string of the molecule is CCCC(C(=O)OCC)c1cc2ccccc2nc1C#N. The monoisotopic (exact) mass is 282 g/mol. The second-order valence-electron chi connectivity index (χ2n) is 4.82. The minimum absolute atomic E-state index is 0.284. The molecule has 0 radical (unpaired) electrons. The first-order valence-corrected chi connectivity index (χ1v) is 7.17. The highest BCUT2D eigenvalue weighted by atomic mass is 16.5. The number of para-hydroxylation sites is 1. The first-order chi connectivity index (χ1) is 10.2. The van der Waals surface area contributed by atoms with E-state index < -0.39 is 5.92 Å². The molecule has 0 amide bonds. The van der Waals surface area contributed by atoms with E-state index in [2.05, 4.69) is 11.1 Å². The van der Waals surface area contributed by atoms with Gasteiger partial charge in [-0.05, 0) is 25.5 Å². The Morgan fingerprint density at radius 2 is 2.14 bits per heavy atom. The van der Waals surface area contributed by atoms with Crippen LogP contribution in [0, 0.1) is 11.3 Å². The number of nitriles is 1. The van der Waals surface area contributed by atoms with E-state index in [-0.39, 0.29) is 5.97 Å². The molecule has 0 aliphatic heterocycles. The topological polar surface area (TPSA) is 63.0 Å². The molecule has 1 aromatic carbocycles. The summed E-state index contributed by atoms with van der Waals surface area (Å²) < 4.78 is 5.15. The van der Waals surface area contributed by atoms with Crippen molar-refractivity contribution in [2.24, 2.45) is 0 Å². The number of aromatic nitrogens is 1. The van der Waals surface area contributed by atoms with Gasteiger partial charge in [-0.3, -0.25) is 4.79 Å². The Labute approximate surface area is 124 Å². The van der Waals surface area contributed by atoms with Crippen LogP contribution in [0.25, 0.3) is 10.9 Å². The second-order valence-corrected chi connectivity index (χ2v) is 4.82. The molecule has 2 aromatic rings. The van der Waals surface area contributed by atoms with Crippen LogP contribution in [0.15, 0.2) is 30.3 Å². The summed E-state index contributed by atoms with van der Waals surface area (Å²) in [7, 11) is 0. The van der Waals surface area contributed by atoms with E-state index in [1.165, 1.54) is 0 Å². The van der Waals surface area contributed by atoms with Crippen LogP contribution in [0.4, 0.5) is 0 Å². The third-order valence-corrected chi connectivity index (χ3v) is 3.38. The first-order valence-electron chi connectivity index (χ1n) is 7.17. The molecule has 4 heteroatoms. The normalized spacial score (nSPS) is 11.9. The van der Waals surface area contributed by atoms with Crippen molar-refractivity contribution in [3.63, 3.8) is 0 Å². The van der Waals surface area contributed by atoms with E-state index in [1.807, 2.05) is 37.3 Å². The number of nitrogens with zero attached hydrogens (tertiary/aromatic N) is 2. The lowest BCUT2D eigenvalue weighted by atomic mass is 9.92. The van der Waals surface area contributed by atoms with Crippen LogP contribution in [0.1, 0.15) is 43.9 Å². The number of esters is 1. The van der Waals surface area contributed by atoms with Gasteiger partial charge in [0.15, 0.2) is 0 Å². The Bertz CT molecular complexity index is 689. The fraction of sp³-hybridized carbons (Fsp3) is 0.353. The van der Waals surface area contributed by atoms with Crippen LogP contribution in [0.2, 0.25) is 0 Å². The average Bonchev–Trinajstić information content (AvgIpc) is 2.51. The number of rotatable bonds is 5. The molecule has 0 saturated heterocycles. The molecule has 0 fully saturated rings. The zero-order valence-electron chi connectivity index (χ0n) is 12.3. The Kier molecular flexibility index (Phi) is 4.89. The van der Waals surface area contributed by atoms with E-state index in [1.54, 1.807) is 6.92 Å². The minimum Gasteiger partial charge on any atom is -0.466 e. The van der Waals surface area contributed by atoms with Gasteiger partial charge in [-0.25, -0.2) is 4.98 Å². The highest BCUT2D eigenvalue weighted by Gasteiger charge is 2.25. The molecule has 1 atom stereocenters. The first kappa shape index (κ1) is 15.0. The van der Waals surface area contributed by atoms with Crippen molar-refractivity contribution in [1.82, 2.24) is 4.98 Å². The maximum atomic E-state index is 12.2. The minimum atomic E-state index is -0.429. The lowest BCUT2D eigenvalue weighted by Crippen LogP contribution is -2.17. The largest absolute Gasteiger partial charge is 0.466 e. The Morgan fingerprint density at radius 3 is 2.81 bits per heavy atom. The molecule has 1 aromatic heterocycles. The molecule has 1 heterocycles. The number of carbonyl (C=O) groups is 1. The molecule has 2 rings (SSSR count). The van der Waals surface area contributed by atoms with Crippen molar-refractivity contribution in [3.05, 3.63) is 41.6 Å². The van der Waals surface area contributed by atoms with Crippen molar-refractivity contribution < 1.29 is 9.53 Å². The number of hydrogen-bond acceptors (Lipinski definition) is 4. The predicted octanol–water partition coefficient (Wildman–Crippen LogP) is 3.55. The predicted molar refractivity (Wildman–Crippen MR) is 80.7 cm³/mol. The van der Waals surface area contributed by atoms with Gasteiger partial charge in [-0.15, -0.1) is 0 Å². The molecule has 0 aliphatic rings. The van der Waals surface area contributed by atoms with Gasteiger partial charge in [0.05, 0.1) is 18.0 Å². The van der Waals surface area contributed by atoms with Gasteiger partial charge in [0, 0.05) is 10.9 Å². The average molecular weight is 282 g/mol. The highest BCUT2D eigenvalue weighted by molar-refractivity contribution is 5.84. The maximum Gasteiger partial charge on any atom is 0.313 e. The molecular formula is C17H18N2O2. The van der Waals surface area contributed by atoms with Crippen LogP contribution in [-0.2, 0) is 9.53 Å². The lowest BCUT2D eigenvalue weighted by molar-refractivity contribution is -0.145. The molecule has 0 bridgehead atoms. The molecule has 0 aliphatic carbocycles. The van der Waals surface area contributed by atoms with Gasteiger partial charge in [0.2, 0.25) is 0 Å². The van der Waals surface area contributed by atoms with E-state index in [4.69, 9.17) is 4.74 Å². The number of fused-ring (bicyclic) bond motifs is 1. The van der Waals surface area contributed by atoms with Crippen molar-refractivity contribution in [2.45, 2.75) is 32.6 Å². The van der Waals surface area contributed by atoms with Gasteiger partial charge < -0.3 is 4.74 Å². The number of ether oxygens (including phenoxy) is 1. The summed E-state index contributed by atoms with van der Waals surface area (Å²) >= 11 is 0. The molecule has 0 spiro atoms. The summed E-state index contributed by atoms with van der Waals surface area (Å²) in [6.45, 7) is 4.12. The van der Waals surface area contributed by atoms with E-state index >= 15 is 0 Å². The number of carbonyl (C=O) groups excluding carboxylic acids is 1. The quantitative estimate of drug-likeness (QED) is 0.787. The summed E-state index contributed by atoms with van der Waals surface area (Å²) in [6.07, 6.45) is 1.48. The zero-order valence-corrected chi connectivity index (χ0v) is 12.3. The van der Waals surface area contributed by atoms with E-state index in [0.717, 1.165) is 17.3 Å². The maximum absolute atomic E-state index is 12.2. The van der Waals surface area contributed by atoms with Crippen LogP contribution < -0.4 is 0 Å². The van der Waals surface area contributed by atoms with E-state index in [0.29, 0.717) is 24.3 Å². The fourth-order valence-corrected chi connectivity index (χ4v) is 2.42. The van der Waals surface area contributed by atoms with Gasteiger partial charge in [0.25, 0.3) is 0 Å². The Morgan fingerprint density at radius 1 is 1.38 bits per heavy atom. The van der Waals surface area contributed by atoms with Gasteiger partial charge in [0.1, 0.15) is 11.8 Å². The number of hydrogen-bond donors (Lipinski definition) is 0. The molecule has 1 unspecified atom stereocenters. The molecule has 0 N–H and O–H groups in total.